The van der Waals surface area contributed by atoms with Gasteiger partial charge in [0.1, 0.15) is 12.2 Å². The predicted molar refractivity (Wildman–Crippen MR) is 96.6 cm³/mol. The van der Waals surface area contributed by atoms with Crippen molar-refractivity contribution in [1.82, 2.24) is 0 Å². The Kier molecular flexibility index (Phi) is 5.18. The van der Waals surface area contributed by atoms with Gasteiger partial charge >= 0.3 is 0 Å². The highest BCUT2D eigenvalue weighted by Gasteiger charge is 2.63. The summed E-state index contributed by atoms with van der Waals surface area (Å²) in [4.78, 5) is 0. The highest BCUT2D eigenvalue weighted by Crippen LogP contribution is 2.57. The summed E-state index contributed by atoms with van der Waals surface area (Å²) in [5.41, 5.74) is 0.268. The molecule has 2 aliphatic carbocycles. The lowest BCUT2D eigenvalue weighted by molar-refractivity contribution is -0.0113. The van der Waals surface area contributed by atoms with Gasteiger partial charge in [-0.2, -0.15) is 0 Å². The first-order valence-electron chi connectivity index (χ1n) is 10.6. The molecule has 4 aliphatic rings. The van der Waals surface area contributed by atoms with Gasteiger partial charge < -0.3 is 18.9 Å². The molecule has 2 saturated carbocycles. The average molecular weight is 353 g/mol. The molecule has 0 N–H and O–H groups in total. The van der Waals surface area contributed by atoms with E-state index in [-0.39, 0.29) is 5.41 Å². The van der Waals surface area contributed by atoms with Gasteiger partial charge in [-0.15, -0.1) is 0 Å². The monoisotopic (exact) mass is 352 g/mol. The molecule has 8 atom stereocenters. The molecule has 2 aliphatic heterocycles. The smallest absolute Gasteiger partial charge is 0.111 e. The molecule has 4 fully saturated rings. The molecule has 144 valence electrons. The predicted octanol–water partition coefficient (Wildman–Crippen LogP) is 3.96. The van der Waals surface area contributed by atoms with E-state index in [9.17, 15) is 0 Å². The fourth-order valence-corrected chi connectivity index (χ4v) is 5.62. The van der Waals surface area contributed by atoms with Crippen LogP contribution in [0, 0.1) is 17.3 Å². The SMILES string of the molecule is CCCOC1CCC(C(C)(C)C2CCC(OCCC)C3OC32)C2OC12. The fourth-order valence-electron chi connectivity index (χ4n) is 5.62. The largest absolute Gasteiger partial charge is 0.375 e. The van der Waals surface area contributed by atoms with Crippen LogP contribution in [0.15, 0.2) is 0 Å². The van der Waals surface area contributed by atoms with Crippen molar-refractivity contribution in [2.45, 2.75) is 103 Å². The van der Waals surface area contributed by atoms with Crippen LogP contribution in [-0.4, -0.2) is 49.8 Å². The van der Waals surface area contributed by atoms with E-state index < -0.39 is 0 Å². The van der Waals surface area contributed by atoms with Gasteiger partial charge in [-0.05, 0) is 55.8 Å². The first-order chi connectivity index (χ1) is 12.1. The zero-order valence-corrected chi connectivity index (χ0v) is 16.4. The molecule has 0 spiro atoms. The van der Waals surface area contributed by atoms with Gasteiger partial charge in [0.05, 0.1) is 24.4 Å². The zero-order chi connectivity index (χ0) is 17.6. The van der Waals surface area contributed by atoms with Crippen LogP contribution in [0.2, 0.25) is 0 Å². The van der Waals surface area contributed by atoms with Gasteiger partial charge in [0, 0.05) is 13.2 Å². The number of hydrogen-bond acceptors (Lipinski definition) is 4. The third-order valence-electron chi connectivity index (χ3n) is 7.16. The molecule has 0 aromatic carbocycles. The van der Waals surface area contributed by atoms with Gasteiger partial charge in [-0.1, -0.05) is 27.7 Å². The van der Waals surface area contributed by atoms with Crippen LogP contribution >= 0.6 is 0 Å². The van der Waals surface area contributed by atoms with E-state index in [4.69, 9.17) is 18.9 Å². The Morgan fingerprint density at radius 3 is 1.56 bits per heavy atom. The summed E-state index contributed by atoms with van der Waals surface area (Å²) in [5, 5.41) is 0. The normalized spacial score (nSPS) is 45.6. The summed E-state index contributed by atoms with van der Waals surface area (Å²) in [7, 11) is 0. The highest BCUT2D eigenvalue weighted by atomic mass is 16.6. The molecular weight excluding hydrogens is 316 g/mol. The van der Waals surface area contributed by atoms with Crippen LogP contribution < -0.4 is 0 Å². The first kappa shape index (κ1) is 18.2. The molecule has 25 heavy (non-hydrogen) atoms. The number of rotatable bonds is 8. The standard InChI is InChI=1S/C21H36O4/c1-5-11-22-15-9-7-13(17-19(15)24-17)21(3,4)14-8-10-16(23-12-6-2)20-18(14)25-20/h13-20H,5-12H2,1-4H3. The average Bonchev–Trinajstić information content (AvgIpc) is 3.49. The van der Waals surface area contributed by atoms with Crippen molar-refractivity contribution >= 4 is 0 Å². The van der Waals surface area contributed by atoms with Crippen molar-refractivity contribution in [3.8, 4) is 0 Å². The van der Waals surface area contributed by atoms with E-state index in [2.05, 4.69) is 27.7 Å². The van der Waals surface area contributed by atoms with Crippen molar-refractivity contribution < 1.29 is 18.9 Å². The quantitative estimate of drug-likeness (QED) is 0.620. The molecule has 0 aromatic heterocycles. The summed E-state index contributed by atoms with van der Waals surface area (Å²) < 4.78 is 24.2. The molecular formula is C21H36O4. The van der Waals surface area contributed by atoms with E-state index in [0.717, 1.165) is 38.9 Å². The number of fused-ring (bicyclic) bond motifs is 2. The van der Waals surface area contributed by atoms with Gasteiger partial charge in [0.2, 0.25) is 0 Å². The van der Waals surface area contributed by atoms with Crippen LogP contribution in [0.25, 0.3) is 0 Å². The Morgan fingerprint density at radius 2 is 1.16 bits per heavy atom. The fraction of sp³-hybridized carbons (Fsp3) is 1.00. The van der Waals surface area contributed by atoms with Crippen LogP contribution in [0.1, 0.15) is 66.2 Å². The Balaban J connectivity index is 1.34. The second-order valence-corrected chi connectivity index (χ2v) is 9.14. The minimum absolute atomic E-state index is 0.268. The van der Waals surface area contributed by atoms with E-state index in [1.807, 2.05) is 0 Å². The first-order valence-corrected chi connectivity index (χ1v) is 10.6. The lowest BCUT2D eigenvalue weighted by Gasteiger charge is -2.44. The summed E-state index contributed by atoms with van der Waals surface area (Å²) in [6, 6.07) is 0. The summed E-state index contributed by atoms with van der Waals surface area (Å²) in [6.45, 7) is 11.0. The lowest BCUT2D eigenvalue weighted by atomic mass is 9.60. The summed E-state index contributed by atoms with van der Waals surface area (Å²) in [5.74, 6) is 1.28. The minimum Gasteiger partial charge on any atom is -0.375 e. The number of epoxide rings is 2. The molecule has 8 unspecified atom stereocenters. The zero-order valence-electron chi connectivity index (χ0n) is 16.4. The summed E-state index contributed by atoms with van der Waals surface area (Å²) >= 11 is 0. The molecule has 0 aromatic rings. The Hall–Kier alpha value is -0.160. The van der Waals surface area contributed by atoms with E-state index >= 15 is 0 Å². The second kappa shape index (κ2) is 7.10. The molecule has 4 heteroatoms. The number of ether oxygens (including phenoxy) is 4. The molecule has 2 heterocycles. The van der Waals surface area contributed by atoms with Gasteiger partial charge in [-0.25, -0.2) is 0 Å². The van der Waals surface area contributed by atoms with Crippen molar-refractivity contribution in [2.75, 3.05) is 13.2 Å². The van der Waals surface area contributed by atoms with Crippen LogP contribution in [-0.2, 0) is 18.9 Å². The van der Waals surface area contributed by atoms with E-state index in [1.54, 1.807) is 0 Å². The Morgan fingerprint density at radius 1 is 0.720 bits per heavy atom. The summed E-state index contributed by atoms with van der Waals surface area (Å²) in [6.07, 6.45) is 9.14. The maximum absolute atomic E-state index is 6.11. The van der Waals surface area contributed by atoms with Crippen LogP contribution in [0.3, 0.4) is 0 Å². The molecule has 0 amide bonds. The Labute approximate surface area is 152 Å². The van der Waals surface area contributed by atoms with E-state index in [1.165, 1.54) is 12.8 Å². The van der Waals surface area contributed by atoms with Crippen molar-refractivity contribution in [3.05, 3.63) is 0 Å². The third-order valence-corrected chi connectivity index (χ3v) is 7.16. The molecule has 0 bridgehead atoms. The van der Waals surface area contributed by atoms with Crippen molar-refractivity contribution in [2.24, 2.45) is 17.3 Å². The topological polar surface area (TPSA) is 43.5 Å². The van der Waals surface area contributed by atoms with Crippen molar-refractivity contribution in [3.63, 3.8) is 0 Å². The molecule has 4 rings (SSSR count). The third kappa shape index (κ3) is 3.40. The minimum atomic E-state index is 0.268. The van der Waals surface area contributed by atoms with Gasteiger partial charge in [-0.3, -0.25) is 0 Å². The maximum atomic E-state index is 6.11. The lowest BCUT2D eigenvalue weighted by Crippen LogP contribution is -2.45. The van der Waals surface area contributed by atoms with Gasteiger partial charge in [0.25, 0.3) is 0 Å². The van der Waals surface area contributed by atoms with Gasteiger partial charge in [0.15, 0.2) is 0 Å². The van der Waals surface area contributed by atoms with Crippen LogP contribution in [0.4, 0.5) is 0 Å². The second-order valence-electron chi connectivity index (χ2n) is 9.14. The Bertz CT molecular complexity index is 425. The molecule has 2 saturated heterocycles. The highest BCUT2D eigenvalue weighted by molar-refractivity contribution is 5.10. The number of hydrogen-bond donors (Lipinski definition) is 0. The van der Waals surface area contributed by atoms with Crippen LogP contribution in [0.5, 0.6) is 0 Å². The molecule has 0 radical (unpaired) electrons. The van der Waals surface area contributed by atoms with E-state index in [0.29, 0.717) is 48.5 Å². The van der Waals surface area contributed by atoms with Crippen molar-refractivity contribution in [1.29, 1.82) is 0 Å². The molecule has 4 nitrogen and oxygen atoms in total. The maximum Gasteiger partial charge on any atom is 0.111 e.